The summed E-state index contributed by atoms with van der Waals surface area (Å²) < 4.78 is 0. The fraction of sp³-hybridized carbons (Fsp3) is 0.571. The Hall–Kier alpha value is -0.860. The van der Waals surface area contributed by atoms with Gasteiger partial charge in [0.2, 0.25) is 0 Å². The van der Waals surface area contributed by atoms with Crippen molar-refractivity contribution in [1.82, 2.24) is 10.2 Å². The normalized spacial score (nSPS) is 17.7. The van der Waals surface area contributed by atoms with Crippen molar-refractivity contribution in [3.05, 3.63) is 35.9 Å². The van der Waals surface area contributed by atoms with Crippen LogP contribution in [0.3, 0.4) is 0 Å². The third-order valence-corrected chi connectivity index (χ3v) is 3.21. The summed E-state index contributed by atoms with van der Waals surface area (Å²) in [7, 11) is 0. The first-order chi connectivity index (χ1) is 7.75. The molecule has 1 fully saturated rings. The quantitative estimate of drug-likeness (QED) is 0.814. The summed E-state index contributed by atoms with van der Waals surface area (Å²) in [5.41, 5.74) is 1.50. The minimum atomic E-state index is 0.603. The Morgan fingerprint density at radius 3 is 2.56 bits per heavy atom. The van der Waals surface area contributed by atoms with Gasteiger partial charge in [0.25, 0.3) is 0 Å². The molecule has 0 atom stereocenters. The molecule has 1 aliphatic rings. The number of likely N-dealkylation sites (tertiary alicyclic amines) is 1. The van der Waals surface area contributed by atoms with Crippen molar-refractivity contribution < 1.29 is 0 Å². The zero-order chi connectivity index (χ0) is 11.4. The van der Waals surface area contributed by atoms with Crippen LogP contribution in [0.15, 0.2) is 30.3 Å². The second-order valence-corrected chi connectivity index (χ2v) is 4.98. The van der Waals surface area contributed by atoms with Gasteiger partial charge in [-0.15, -0.1) is 0 Å². The maximum Gasteiger partial charge on any atom is 0.0107 e. The van der Waals surface area contributed by atoms with Gasteiger partial charge in [0.05, 0.1) is 0 Å². The van der Waals surface area contributed by atoms with E-state index in [1.807, 2.05) is 0 Å². The maximum atomic E-state index is 3.46. The second kappa shape index (κ2) is 5.46. The lowest BCUT2D eigenvalue weighted by atomic mass is 9.92. The van der Waals surface area contributed by atoms with E-state index in [2.05, 4.69) is 54.4 Å². The van der Waals surface area contributed by atoms with E-state index in [1.165, 1.54) is 25.2 Å². The van der Waals surface area contributed by atoms with Crippen LogP contribution in [-0.2, 0) is 0 Å². The molecule has 1 aliphatic heterocycles. The third kappa shape index (κ3) is 3.06. The van der Waals surface area contributed by atoms with Gasteiger partial charge >= 0.3 is 0 Å². The highest BCUT2D eigenvalue weighted by Gasteiger charge is 2.26. The molecule has 2 nitrogen and oxygen atoms in total. The van der Waals surface area contributed by atoms with Crippen molar-refractivity contribution in [2.75, 3.05) is 26.2 Å². The summed E-state index contributed by atoms with van der Waals surface area (Å²) in [4.78, 5) is 2.52. The molecular weight excluding hydrogens is 196 g/mol. The molecular formula is C14H22N2. The molecule has 2 rings (SSSR count). The van der Waals surface area contributed by atoms with Crippen LogP contribution in [0.5, 0.6) is 0 Å². The summed E-state index contributed by atoms with van der Waals surface area (Å²) >= 11 is 0. The van der Waals surface area contributed by atoms with E-state index in [-0.39, 0.29) is 0 Å². The number of rotatable bonds is 5. The molecule has 1 N–H and O–H groups in total. The van der Waals surface area contributed by atoms with Crippen LogP contribution in [0, 0.1) is 0 Å². The lowest BCUT2D eigenvalue weighted by molar-refractivity contribution is 0.148. The Balaban J connectivity index is 1.66. The molecule has 0 aliphatic carbocycles. The fourth-order valence-electron chi connectivity index (χ4n) is 2.20. The van der Waals surface area contributed by atoms with Crippen molar-refractivity contribution >= 4 is 0 Å². The number of benzene rings is 1. The molecule has 2 heteroatoms. The Morgan fingerprint density at radius 1 is 1.25 bits per heavy atom. The van der Waals surface area contributed by atoms with E-state index in [0.29, 0.717) is 6.04 Å². The molecule has 0 radical (unpaired) electrons. The first kappa shape index (κ1) is 11.6. The zero-order valence-corrected chi connectivity index (χ0v) is 10.3. The number of hydrogen-bond acceptors (Lipinski definition) is 2. The SMILES string of the molecule is CC(C)NCCN1CC(c2ccccc2)C1. The third-order valence-electron chi connectivity index (χ3n) is 3.21. The van der Waals surface area contributed by atoms with E-state index in [1.54, 1.807) is 0 Å². The predicted octanol–water partition coefficient (Wildman–Crippen LogP) is 2.08. The van der Waals surface area contributed by atoms with Crippen LogP contribution in [0.25, 0.3) is 0 Å². The van der Waals surface area contributed by atoms with Crippen LogP contribution in [0.1, 0.15) is 25.3 Å². The largest absolute Gasteiger partial charge is 0.313 e. The Bertz CT molecular complexity index is 302. The lowest BCUT2D eigenvalue weighted by Gasteiger charge is -2.39. The Kier molecular flexibility index (Phi) is 3.97. The monoisotopic (exact) mass is 218 g/mol. The average molecular weight is 218 g/mol. The maximum absolute atomic E-state index is 3.46. The first-order valence-electron chi connectivity index (χ1n) is 6.26. The fourth-order valence-corrected chi connectivity index (χ4v) is 2.20. The molecule has 0 saturated carbocycles. The van der Waals surface area contributed by atoms with Crippen LogP contribution < -0.4 is 5.32 Å². The zero-order valence-electron chi connectivity index (χ0n) is 10.3. The summed E-state index contributed by atoms with van der Waals surface area (Å²) in [6.07, 6.45) is 0. The van der Waals surface area contributed by atoms with Gasteiger partial charge in [-0.25, -0.2) is 0 Å². The Labute approximate surface area is 98.7 Å². The number of nitrogens with one attached hydrogen (secondary N) is 1. The summed E-state index contributed by atoms with van der Waals surface area (Å²) in [6.45, 7) is 9.14. The highest BCUT2D eigenvalue weighted by atomic mass is 15.2. The number of nitrogens with zero attached hydrogens (tertiary/aromatic N) is 1. The molecule has 0 spiro atoms. The average Bonchev–Trinajstić information content (AvgIpc) is 2.22. The van der Waals surface area contributed by atoms with Gasteiger partial charge in [0, 0.05) is 38.1 Å². The minimum absolute atomic E-state index is 0.603. The predicted molar refractivity (Wildman–Crippen MR) is 68.8 cm³/mol. The molecule has 0 unspecified atom stereocenters. The topological polar surface area (TPSA) is 15.3 Å². The molecule has 16 heavy (non-hydrogen) atoms. The van der Waals surface area contributed by atoms with E-state index in [0.717, 1.165) is 12.5 Å². The van der Waals surface area contributed by atoms with Crippen molar-refractivity contribution in [3.63, 3.8) is 0 Å². The van der Waals surface area contributed by atoms with Gasteiger partial charge < -0.3 is 10.2 Å². The molecule has 0 aromatic heterocycles. The van der Waals surface area contributed by atoms with Crippen molar-refractivity contribution in [1.29, 1.82) is 0 Å². The van der Waals surface area contributed by atoms with Gasteiger partial charge in [-0.3, -0.25) is 0 Å². The van der Waals surface area contributed by atoms with Crippen molar-refractivity contribution in [2.45, 2.75) is 25.8 Å². The van der Waals surface area contributed by atoms with Gasteiger partial charge in [0.15, 0.2) is 0 Å². The molecule has 88 valence electrons. The standard InChI is InChI=1S/C14H22N2/c1-12(2)15-8-9-16-10-14(11-16)13-6-4-3-5-7-13/h3-7,12,14-15H,8-11H2,1-2H3. The van der Waals surface area contributed by atoms with Crippen molar-refractivity contribution in [3.8, 4) is 0 Å². The number of hydrogen-bond donors (Lipinski definition) is 1. The van der Waals surface area contributed by atoms with Crippen LogP contribution >= 0.6 is 0 Å². The van der Waals surface area contributed by atoms with Gasteiger partial charge in [-0.1, -0.05) is 44.2 Å². The van der Waals surface area contributed by atoms with E-state index in [9.17, 15) is 0 Å². The van der Waals surface area contributed by atoms with Crippen LogP contribution in [0.4, 0.5) is 0 Å². The van der Waals surface area contributed by atoms with Crippen LogP contribution in [0.2, 0.25) is 0 Å². The second-order valence-electron chi connectivity index (χ2n) is 4.98. The van der Waals surface area contributed by atoms with E-state index in [4.69, 9.17) is 0 Å². The molecule has 0 bridgehead atoms. The van der Waals surface area contributed by atoms with E-state index < -0.39 is 0 Å². The van der Waals surface area contributed by atoms with Crippen LogP contribution in [-0.4, -0.2) is 37.1 Å². The lowest BCUT2D eigenvalue weighted by Crippen LogP contribution is -2.48. The molecule has 1 aromatic rings. The molecule has 1 saturated heterocycles. The highest BCUT2D eigenvalue weighted by molar-refractivity contribution is 5.22. The summed E-state index contributed by atoms with van der Waals surface area (Å²) in [5.74, 6) is 0.764. The van der Waals surface area contributed by atoms with E-state index >= 15 is 0 Å². The van der Waals surface area contributed by atoms with Crippen molar-refractivity contribution in [2.24, 2.45) is 0 Å². The van der Waals surface area contributed by atoms with Gasteiger partial charge in [-0.2, -0.15) is 0 Å². The Morgan fingerprint density at radius 2 is 1.94 bits per heavy atom. The molecule has 1 aromatic carbocycles. The molecule has 0 amide bonds. The minimum Gasteiger partial charge on any atom is -0.313 e. The smallest absolute Gasteiger partial charge is 0.0107 e. The highest BCUT2D eigenvalue weighted by Crippen LogP contribution is 2.25. The van der Waals surface area contributed by atoms with Gasteiger partial charge in [-0.05, 0) is 5.56 Å². The summed E-state index contributed by atoms with van der Waals surface area (Å²) in [5, 5.41) is 3.46. The summed E-state index contributed by atoms with van der Waals surface area (Å²) in [6, 6.07) is 11.5. The van der Waals surface area contributed by atoms with Gasteiger partial charge in [0.1, 0.15) is 0 Å². The molecule has 1 heterocycles. The first-order valence-corrected chi connectivity index (χ1v) is 6.26.